The van der Waals surface area contributed by atoms with Crippen LogP contribution in [-0.4, -0.2) is 38.6 Å². The predicted molar refractivity (Wildman–Crippen MR) is 90.9 cm³/mol. The molecular weight excluding hydrogens is 311 g/mol. The molecule has 2 aromatic rings. The van der Waals surface area contributed by atoms with E-state index in [1.807, 2.05) is 6.07 Å². The Labute approximate surface area is 141 Å². The zero-order chi connectivity index (χ0) is 17.5. The standard InChI is InChI=1S/C18H21FN2O3/c1-21(11-13-5-4-6-14(19)9-13)12-18(22)20-16-8-7-15(23-2)10-17(16)24-3/h4-10H,11-12H2,1-3H3,(H,20,22). The number of nitrogens with one attached hydrogen (secondary N) is 1. The third-order valence-corrected chi connectivity index (χ3v) is 3.44. The SMILES string of the molecule is COc1ccc(NC(=O)CN(C)Cc2cccc(F)c2)c(OC)c1. The van der Waals surface area contributed by atoms with Crippen LogP contribution in [0.5, 0.6) is 11.5 Å². The molecule has 0 aliphatic carbocycles. The summed E-state index contributed by atoms with van der Waals surface area (Å²) >= 11 is 0. The number of anilines is 1. The van der Waals surface area contributed by atoms with Gasteiger partial charge >= 0.3 is 0 Å². The van der Waals surface area contributed by atoms with Crippen molar-refractivity contribution in [3.05, 3.63) is 53.8 Å². The largest absolute Gasteiger partial charge is 0.497 e. The van der Waals surface area contributed by atoms with Gasteiger partial charge in [-0.1, -0.05) is 12.1 Å². The van der Waals surface area contributed by atoms with Crippen molar-refractivity contribution >= 4 is 11.6 Å². The molecule has 0 saturated carbocycles. The summed E-state index contributed by atoms with van der Waals surface area (Å²) in [6, 6.07) is 11.5. The number of halogens is 1. The fourth-order valence-electron chi connectivity index (χ4n) is 2.34. The molecule has 2 rings (SSSR count). The van der Waals surface area contributed by atoms with Crippen molar-refractivity contribution in [1.29, 1.82) is 0 Å². The molecule has 0 aromatic heterocycles. The Kier molecular flexibility index (Phi) is 6.14. The minimum Gasteiger partial charge on any atom is -0.497 e. The van der Waals surface area contributed by atoms with E-state index in [1.54, 1.807) is 43.3 Å². The van der Waals surface area contributed by atoms with E-state index in [-0.39, 0.29) is 18.3 Å². The van der Waals surface area contributed by atoms with E-state index >= 15 is 0 Å². The second kappa shape index (κ2) is 8.31. The van der Waals surface area contributed by atoms with E-state index in [0.717, 1.165) is 5.56 Å². The van der Waals surface area contributed by atoms with Crippen LogP contribution in [0.25, 0.3) is 0 Å². The van der Waals surface area contributed by atoms with E-state index < -0.39 is 0 Å². The van der Waals surface area contributed by atoms with Crippen molar-refractivity contribution in [1.82, 2.24) is 4.90 Å². The van der Waals surface area contributed by atoms with Gasteiger partial charge in [0.1, 0.15) is 17.3 Å². The van der Waals surface area contributed by atoms with Crippen molar-refractivity contribution in [2.75, 3.05) is 33.1 Å². The summed E-state index contributed by atoms with van der Waals surface area (Å²) in [7, 11) is 4.89. The van der Waals surface area contributed by atoms with Gasteiger partial charge < -0.3 is 14.8 Å². The van der Waals surface area contributed by atoms with E-state index in [4.69, 9.17) is 9.47 Å². The molecule has 2 aromatic carbocycles. The number of ether oxygens (including phenoxy) is 2. The summed E-state index contributed by atoms with van der Waals surface area (Å²) in [5.41, 5.74) is 1.38. The van der Waals surface area contributed by atoms with Gasteiger partial charge in [-0.3, -0.25) is 9.69 Å². The van der Waals surface area contributed by atoms with E-state index in [9.17, 15) is 9.18 Å². The summed E-state index contributed by atoms with van der Waals surface area (Å²) < 4.78 is 23.6. The van der Waals surface area contributed by atoms with Gasteiger partial charge in [-0.25, -0.2) is 4.39 Å². The van der Waals surface area contributed by atoms with E-state index in [2.05, 4.69) is 5.32 Å². The summed E-state index contributed by atoms with van der Waals surface area (Å²) in [5, 5.41) is 2.81. The number of rotatable bonds is 7. The molecule has 1 N–H and O–H groups in total. The molecule has 0 fully saturated rings. The average Bonchev–Trinajstić information content (AvgIpc) is 2.54. The van der Waals surface area contributed by atoms with E-state index in [1.165, 1.54) is 19.2 Å². The Morgan fingerprint density at radius 1 is 1.17 bits per heavy atom. The minimum absolute atomic E-state index is 0.172. The summed E-state index contributed by atoms with van der Waals surface area (Å²) in [5.74, 6) is 0.703. The second-order valence-electron chi connectivity index (χ2n) is 5.42. The van der Waals surface area contributed by atoms with Crippen molar-refractivity contribution < 1.29 is 18.7 Å². The molecule has 6 heteroatoms. The van der Waals surface area contributed by atoms with Crippen LogP contribution in [0.2, 0.25) is 0 Å². The number of hydrogen-bond acceptors (Lipinski definition) is 4. The van der Waals surface area contributed by atoms with Crippen LogP contribution in [0, 0.1) is 5.82 Å². The summed E-state index contributed by atoms with van der Waals surface area (Å²) in [4.78, 5) is 14.0. The van der Waals surface area contributed by atoms with Gasteiger partial charge in [0.05, 0.1) is 26.5 Å². The highest BCUT2D eigenvalue weighted by Crippen LogP contribution is 2.28. The quantitative estimate of drug-likeness (QED) is 0.847. The zero-order valence-corrected chi connectivity index (χ0v) is 14.0. The lowest BCUT2D eigenvalue weighted by atomic mass is 10.2. The molecule has 24 heavy (non-hydrogen) atoms. The molecular formula is C18H21FN2O3. The second-order valence-corrected chi connectivity index (χ2v) is 5.42. The Morgan fingerprint density at radius 2 is 1.96 bits per heavy atom. The molecule has 0 saturated heterocycles. The molecule has 0 radical (unpaired) electrons. The molecule has 0 atom stereocenters. The molecule has 0 aliphatic heterocycles. The van der Waals surface area contributed by atoms with Crippen LogP contribution in [-0.2, 0) is 11.3 Å². The van der Waals surface area contributed by atoms with Gasteiger partial charge in [0, 0.05) is 12.6 Å². The maximum absolute atomic E-state index is 13.2. The Morgan fingerprint density at radius 3 is 2.62 bits per heavy atom. The van der Waals surface area contributed by atoms with Gasteiger partial charge in [0.15, 0.2) is 0 Å². The molecule has 128 valence electrons. The lowest BCUT2D eigenvalue weighted by Gasteiger charge is -2.17. The van der Waals surface area contributed by atoms with Crippen molar-refractivity contribution in [2.24, 2.45) is 0 Å². The molecule has 0 unspecified atom stereocenters. The Balaban J connectivity index is 1.95. The van der Waals surface area contributed by atoms with Crippen molar-refractivity contribution in [2.45, 2.75) is 6.54 Å². The predicted octanol–water partition coefficient (Wildman–Crippen LogP) is 2.91. The van der Waals surface area contributed by atoms with Crippen LogP contribution in [0.4, 0.5) is 10.1 Å². The molecule has 0 heterocycles. The Hall–Kier alpha value is -2.60. The van der Waals surface area contributed by atoms with Crippen molar-refractivity contribution in [3.8, 4) is 11.5 Å². The summed E-state index contributed by atoms with van der Waals surface area (Å²) in [6.45, 7) is 0.649. The van der Waals surface area contributed by atoms with Gasteiger partial charge in [0.25, 0.3) is 0 Å². The first-order chi connectivity index (χ1) is 11.5. The Bertz CT molecular complexity index is 706. The number of amides is 1. The minimum atomic E-state index is -0.284. The van der Waals surface area contributed by atoms with Crippen molar-refractivity contribution in [3.63, 3.8) is 0 Å². The number of benzene rings is 2. The number of likely N-dealkylation sites (N-methyl/N-ethyl adjacent to an activating group) is 1. The normalized spacial score (nSPS) is 10.5. The molecule has 5 nitrogen and oxygen atoms in total. The van der Waals surface area contributed by atoms with Crippen LogP contribution >= 0.6 is 0 Å². The van der Waals surface area contributed by atoms with Crippen LogP contribution in [0.3, 0.4) is 0 Å². The number of carbonyl (C=O) groups is 1. The fourth-order valence-corrected chi connectivity index (χ4v) is 2.34. The van der Waals surface area contributed by atoms with Gasteiger partial charge in [0.2, 0.25) is 5.91 Å². The molecule has 1 amide bonds. The van der Waals surface area contributed by atoms with E-state index in [0.29, 0.717) is 23.7 Å². The van der Waals surface area contributed by atoms with Crippen LogP contribution < -0.4 is 14.8 Å². The third kappa shape index (κ3) is 4.96. The first-order valence-electron chi connectivity index (χ1n) is 7.46. The first-order valence-corrected chi connectivity index (χ1v) is 7.46. The maximum atomic E-state index is 13.2. The van der Waals surface area contributed by atoms with Gasteiger partial charge in [-0.05, 0) is 36.9 Å². The fraction of sp³-hybridized carbons (Fsp3) is 0.278. The van der Waals surface area contributed by atoms with Crippen LogP contribution in [0.15, 0.2) is 42.5 Å². The average molecular weight is 332 g/mol. The monoisotopic (exact) mass is 332 g/mol. The molecule has 0 spiro atoms. The highest BCUT2D eigenvalue weighted by Gasteiger charge is 2.11. The maximum Gasteiger partial charge on any atom is 0.238 e. The number of nitrogens with zero attached hydrogens (tertiary/aromatic N) is 1. The molecule has 0 aliphatic rings. The number of hydrogen-bond donors (Lipinski definition) is 1. The third-order valence-electron chi connectivity index (χ3n) is 3.44. The zero-order valence-electron chi connectivity index (χ0n) is 14.0. The topological polar surface area (TPSA) is 50.8 Å². The van der Waals surface area contributed by atoms with Gasteiger partial charge in [-0.2, -0.15) is 0 Å². The lowest BCUT2D eigenvalue weighted by Crippen LogP contribution is -2.30. The van der Waals surface area contributed by atoms with Crippen LogP contribution in [0.1, 0.15) is 5.56 Å². The number of methoxy groups -OCH3 is 2. The highest BCUT2D eigenvalue weighted by atomic mass is 19.1. The van der Waals surface area contributed by atoms with Gasteiger partial charge in [-0.15, -0.1) is 0 Å². The smallest absolute Gasteiger partial charge is 0.238 e. The summed E-state index contributed by atoms with van der Waals surface area (Å²) in [6.07, 6.45) is 0. The first kappa shape index (κ1) is 17.7. The number of carbonyl (C=O) groups excluding carboxylic acids is 1. The highest BCUT2D eigenvalue weighted by molar-refractivity contribution is 5.93. The molecule has 0 bridgehead atoms. The lowest BCUT2D eigenvalue weighted by molar-refractivity contribution is -0.117.